The van der Waals surface area contributed by atoms with Crippen molar-refractivity contribution in [1.29, 1.82) is 0 Å². The highest BCUT2D eigenvalue weighted by atomic mass is 19.1. The van der Waals surface area contributed by atoms with Crippen LogP contribution in [-0.4, -0.2) is 6.04 Å². The van der Waals surface area contributed by atoms with Crippen LogP contribution in [0.3, 0.4) is 0 Å². The number of hydrogen-bond donors (Lipinski definition) is 1. The average Bonchev–Trinajstić information content (AvgIpc) is 2.36. The van der Waals surface area contributed by atoms with Crippen LogP contribution in [0.2, 0.25) is 0 Å². The van der Waals surface area contributed by atoms with E-state index in [-0.39, 0.29) is 5.75 Å². The van der Waals surface area contributed by atoms with Gasteiger partial charge in [0.15, 0.2) is 0 Å². The fraction of sp³-hybridized carbons (Fsp3) is 0.294. The number of nitrogens with one attached hydrogen (secondary N) is 1. The van der Waals surface area contributed by atoms with Crippen molar-refractivity contribution in [3.05, 3.63) is 59.2 Å². The quantitative estimate of drug-likeness (QED) is 0.871. The summed E-state index contributed by atoms with van der Waals surface area (Å²) in [6, 6.07) is 9.16. The summed E-state index contributed by atoms with van der Waals surface area (Å²) >= 11 is 0. The number of halogens is 2. The Bertz CT molecular complexity index is 606. The van der Waals surface area contributed by atoms with Gasteiger partial charge in [0.05, 0.1) is 0 Å². The van der Waals surface area contributed by atoms with Gasteiger partial charge in [-0.25, -0.2) is 8.78 Å². The van der Waals surface area contributed by atoms with Gasteiger partial charge in [-0.1, -0.05) is 19.9 Å². The lowest BCUT2D eigenvalue weighted by molar-refractivity contribution is 0.467. The largest absolute Gasteiger partial charge is 0.457 e. The second kappa shape index (κ2) is 6.68. The molecule has 0 fully saturated rings. The summed E-state index contributed by atoms with van der Waals surface area (Å²) in [6.45, 7) is 6.94. The monoisotopic (exact) mass is 291 g/mol. The molecular weight excluding hydrogens is 272 g/mol. The maximum atomic E-state index is 13.1. The molecule has 2 aromatic rings. The van der Waals surface area contributed by atoms with E-state index >= 15 is 0 Å². The third-order valence-corrected chi connectivity index (χ3v) is 3.09. The Morgan fingerprint density at radius 1 is 1.00 bits per heavy atom. The van der Waals surface area contributed by atoms with Crippen molar-refractivity contribution in [2.24, 2.45) is 0 Å². The summed E-state index contributed by atoms with van der Waals surface area (Å²) in [6.07, 6.45) is 0. The standard InChI is InChI=1S/C17H19F2NO/c1-11(2)20-10-13-4-5-16(6-12(13)3)21-17-8-14(18)7-15(19)9-17/h4-9,11,20H,10H2,1-3H3. The van der Waals surface area contributed by atoms with Gasteiger partial charge < -0.3 is 10.1 Å². The van der Waals surface area contributed by atoms with Crippen molar-refractivity contribution < 1.29 is 13.5 Å². The molecule has 0 aromatic heterocycles. The third-order valence-electron chi connectivity index (χ3n) is 3.09. The second-order valence-electron chi connectivity index (χ2n) is 5.33. The molecular formula is C17H19F2NO. The van der Waals surface area contributed by atoms with Gasteiger partial charge in [0.1, 0.15) is 23.1 Å². The minimum atomic E-state index is -0.653. The second-order valence-corrected chi connectivity index (χ2v) is 5.33. The molecule has 0 amide bonds. The molecule has 0 saturated heterocycles. The predicted molar refractivity (Wildman–Crippen MR) is 79.6 cm³/mol. The van der Waals surface area contributed by atoms with E-state index in [4.69, 9.17) is 4.74 Å². The van der Waals surface area contributed by atoms with Crippen LogP contribution in [0.4, 0.5) is 8.78 Å². The Morgan fingerprint density at radius 3 is 2.24 bits per heavy atom. The Labute approximate surface area is 123 Å². The first-order chi connectivity index (χ1) is 9.94. The zero-order chi connectivity index (χ0) is 15.4. The first-order valence-corrected chi connectivity index (χ1v) is 6.91. The molecule has 0 spiro atoms. The zero-order valence-corrected chi connectivity index (χ0v) is 12.4. The van der Waals surface area contributed by atoms with Crippen LogP contribution in [0, 0.1) is 18.6 Å². The molecule has 0 saturated carbocycles. The number of aryl methyl sites for hydroxylation is 1. The molecule has 0 bridgehead atoms. The normalized spacial score (nSPS) is 11.0. The maximum Gasteiger partial charge on any atom is 0.133 e. The van der Waals surface area contributed by atoms with E-state index in [1.54, 1.807) is 6.07 Å². The smallest absolute Gasteiger partial charge is 0.133 e. The van der Waals surface area contributed by atoms with Gasteiger partial charge in [0, 0.05) is 30.8 Å². The Morgan fingerprint density at radius 2 is 1.67 bits per heavy atom. The summed E-state index contributed by atoms with van der Waals surface area (Å²) < 4.78 is 31.7. The van der Waals surface area contributed by atoms with E-state index in [0.717, 1.165) is 30.3 Å². The molecule has 0 aliphatic rings. The van der Waals surface area contributed by atoms with Crippen molar-refractivity contribution >= 4 is 0 Å². The Kier molecular flexibility index (Phi) is 4.91. The van der Waals surface area contributed by atoms with Gasteiger partial charge in [-0.3, -0.25) is 0 Å². The number of rotatable bonds is 5. The molecule has 2 nitrogen and oxygen atoms in total. The molecule has 0 radical (unpaired) electrons. The molecule has 21 heavy (non-hydrogen) atoms. The highest BCUT2D eigenvalue weighted by molar-refractivity contribution is 5.38. The van der Waals surface area contributed by atoms with Crippen molar-refractivity contribution in [1.82, 2.24) is 5.32 Å². The SMILES string of the molecule is Cc1cc(Oc2cc(F)cc(F)c2)ccc1CNC(C)C. The van der Waals surface area contributed by atoms with Crippen LogP contribution in [0.25, 0.3) is 0 Å². The first kappa shape index (κ1) is 15.4. The third kappa shape index (κ3) is 4.53. The van der Waals surface area contributed by atoms with Crippen LogP contribution < -0.4 is 10.1 Å². The van der Waals surface area contributed by atoms with Crippen molar-refractivity contribution in [2.75, 3.05) is 0 Å². The van der Waals surface area contributed by atoms with Gasteiger partial charge >= 0.3 is 0 Å². The first-order valence-electron chi connectivity index (χ1n) is 6.91. The predicted octanol–water partition coefficient (Wildman–Crippen LogP) is 4.56. The van der Waals surface area contributed by atoms with Crippen LogP contribution in [-0.2, 0) is 6.54 Å². The molecule has 0 aliphatic heterocycles. The topological polar surface area (TPSA) is 21.3 Å². The minimum absolute atomic E-state index is 0.153. The molecule has 4 heteroatoms. The maximum absolute atomic E-state index is 13.1. The minimum Gasteiger partial charge on any atom is -0.457 e. The summed E-state index contributed by atoms with van der Waals surface area (Å²) in [5.74, 6) is -0.593. The van der Waals surface area contributed by atoms with Crippen molar-refractivity contribution in [2.45, 2.75) is 33.4 Å². The lowest BCUT2D eigenvalue weighted by Gasteiger charge is -2.12. The van der Waals surface area contributed by atoms with E-state index in [1.807, 2.05) is 19.1 Å². The Balaban J connectivity index is 2.12. The van der Waals surface area contributed by atoms with Crippen LogP contribution in [0.1, 0.15) is 25.0 Å². The van der Waals surface area contributed by atoms with E-state index in [1.165, 1.54) is 5.56 Å². The number of benzene rings is 2. The van der Waals surface area contributed by atoms with E-state index in [0.29, 0.717) is 11.8 Å². The fourth-order valence-corrected chi connectivity index (χ4v) is 1.97. The highest BCUT2D eigenvalue weighted by Crippen LogP contribution is 2.25. The molecule has 112 valence electrons. The molecule has 1 N–H and O–H groups in total. The van der Waals surface area contributed by atoms with Gasteiger partial charge in [0.2, 0.25) is 0 Å². The number of hydrogen-bond acceptors (Lipinski definition) is 2. The van der Waals surface area contributed by atoms with Crippen LogP contribution in [0.15, 0.2) is 36.4 Å². The van der Waals surface area contributed by atoms with E-state index < -0.39 is 11.6 Å². The molecule has 2 aromatic carbocycles. The fourth-order valence-electron chi connectivity index (χ4n) is 1.97. The van der Waals surface area contributed by atoms with Gasteiger partial charge in [0.25, 0.3) is 0 Å². The van der Waals surface area contributed by atoms with E-state index in [2.05, 4.69) is 19.2 Å². The zero-order valence-electron chi connectivity index (χ0n) is 12.4. The summed E-state index contributed by atoms with van der Waals surface area (Å²) in [5, 5.41) is 3.35. The number of ether oxygens (including phenoxy) is 1. The van der Waals surface area contributed by atoms with Crippen molar-refractivity contribution in [3.8, 4) is 11.5 Å². The van der Waals surface area contributed by atoms with Gasteiger partial charge in [-0.2, -0.15) is 0 Å². The molecule has 0 atom stereocenters. The highest BCUT2D eigenvalue weighted by Gasteiger charge is 2.05. The summed E-state index contributed by atoms with van der Waals surface area (Å²) in [7, 11) is 0. The lowest BCUT2D eigenvalue weighted by Crippen LogP contribution is -2.22. The molecule has 0 unspecified atom stereocenters. The molecule has 2 rings (SSSR count). The van der Waals surface area contributed by atoms with E-state index in [9.17, 15) is 8.78 Å². The van der Waals surface area contributed by atoms with Crippen LogP contribution >= 0.6 is 0 Å². The summed E-state index contributed by atoms with van der Waals surface area (Å²) in [4.78, 5) is 0. The Hall–Kier alpha value is -1.94. The van der Waals surface area contributed by atoms with Gasteiger partial charge in [-0.15, -0.1) is 0 Å². The van der Waals surface area contributed by atoms with Gasteiger partial charge in [-0.05, 0) is 30.2 Å². The van der Waals surface area contributed by atoms with Crippen LogP contribution in [0.5, 0.6) is 11.5 Å². The average molecular weight is 291 g/mol. The van der Waals surface area contributed by atoms with Crippen molar-refractivity contribution in [3.63, 3.8) is 0 Å². The lowest BCUT2D eigenvalue weighted by atomic mass is 10.1. The molecule has 0 aliphatic carbocycles. The molecule has 0 heterocycles. The summed E-state index contributed by atoms with van der Waals surface area (Å²) in [5.41, 5.74) is 2.24.